The number of carbonyl (C=O) groups is 2. The third kappa shape index (κ3) is 5.39. The largest absolute Gasteiger partial charge is 0.444 e. The molecule has 1 rings (SSSR count). The molecule has 5 nitrogen and oxygen atoms in total. The summed E-state index contributed by atoms with van der Waals surface area (Å²) in [6.07, 6.45) is 2.27. The van der Waals surface area contributed by atoms with Crippen molar-refractivity contribution >= 4 is 12.0 Å². The van der Waals surface area contributed by atoms with Gasteiger partial charge in [0.05, 0.1) is 5.92 Å². The first-order valence-corrected chi connectivity index (χ1v) is 7.51. The first-order valence-electron chi connectivity index (χ1n) is 7.51. The molecule has 0 radical (unpaired) electrons. The molecule has 1 saturated heterocycles. The maximum absolute atomic E-state index is 12.1. The maximum Gasteiger partial charge on any atom is 0.410 e. The smallest absolute Gasteiger partial charge is 0.410 e. The van der Waals surface area contributed by atoms with E-state index in [0.29, 0.717) is 13.1 Å². The Balaban J connectivity index is 2.54. The number of nitrogens with one attached hydrogen (secondary N) is 1. The minimum absolute atomic E-state index is 0.0487. The van der Waals surface area contributed by atoms with Gasteiger partial charge in [0.2, 0.25) is 5.91 Å². The minimum Gasteiger partial charge on any atom is -0.444 e. The molecule has 1 aliphatic rings. The highest BCUT2D eigenvalue weighted by molar-refractivity contribution is 5.80. The van der Waals surface area contributed by atoms with Crippen molar-refractivity contribution in [3.8, 4) is 0 Å². The van der Waals surface area contributed by atoms with Crippen molar-refractivity contribution in [2.24, 2.45) is 5.92 Å². The number of nitrogens with zero attached hydrogens (tertiary/aromatic N) is 1. The van der Waals surface area contributed by atoms with Crippen LogP contribution in [0, 0.1) is 5.92 Å². The third-order valence-corrected chi connectivity index (χ3v) is 3.44. The molecule has 0 aliphatic carbocycles. The number of rotatable bonds is 3. The summed E-state index contributed by atoms with van der Waals surface area (Å²) in [5.74, 6) is -0.0714. The van der Waals surface area contributed by atoms with Gasteiger partial charge in [-0.1, -0.05) is 6.92 Å². The summed E-state index contributed by atoms with van der Waals surface area (Å²) in [6, 6.07) is 0.180. The average molecular weight is 284 g/mol. The van der Waals surface area contributed by atoms with Gasteiger partial charge in [-0.3, -0.25) is 4.79 Å². The lowest BCUT2D eigenvalue weighted by molar-refractivity contribution is -0.127. The van der Waals surface area contributed by atoms with Gasteiger partial charge in [0, 0.05) is 19.1 Å². The van der Waals surface area contributed by atoms with Crippen LogP contribution in [0.1, 0.15) is 53.9 Å². The summed E-state index contributed by atoms with van der Waals surface area (Å²) in [5.41, 5.74) is -0.497. The fourth-order valence-electron chi connectivity index (χ4n) is 2.15. The van der Waals surface area contributed by atoms with E-state index in [1.807, 2.05) is 34.6 Å². The molecule has 1 aliphatic heterocycles. The van der Waals surface area contributed by atoms with Crippen molar-refractivity contribution in [2.45, 2.75) is 65.5 Å². The Kier molecular flexibility index (Phi) is 5.84. The van der Waals surface area contributed by atoms with Crippen molar-refractivity contribution in [1.82, 2.24) is 10.2 Å². The monoisotopic (exact) mass is 284 g/mol. The quantitative estimate of drug-likeness (QED) is 0.866. The van der Waals surface area contributed by atoms with Crippen LogP contribution in [0.15, 0.2) is 0 Å². The summed E-state index contributed by atoms with van der Waals surface area (Å²) in [7, 11) is 0. The van der Waals surface area contributed by atoms with Crippen LogP contribution >= 0.6 is 0 Å². The second kappa shape index (κ2) is 6.95. The van der Waals surface area contributed by atoms with E-state index >= 15 is 0 Å². The molecule has 0 unspecified atom stereocenters. The lowest BCUT2D eigenvalue weighted by atomic mass is 9.97. The molecule has 20 heavy (non-hydrogen) atoms. The van der Waals surface area contributed by atoms with E-state index in [2.05, 4.69) is 5.32 Å². The third-order valence-electron chi connectivity index (χ3n) is 3.44. The molecule has 5 heteroatoms. The van der Waals surface area contributed by atoms with Crippen molar-refractivity contribution in [2.75, 3.05) is 13.1 Å². The number of ether oxygens (including phenoxy) is 1. The van der Waals surface area contributed by atoms with Crippen LogP contribution in [0.25, 0.3) is 0 Å². The van der Waals surface area contributed by atoms with Crippen LogP contribution in [-0.2, 0) is 9.53 Å². The van der Waals surface area contributed by atoms with Gasteiger partial charge in [0.25, 0.3) is 0 Å². The Hall–Kier alpha value is -1.26. The molecule has 1 N–H and O–H groups in total. The Morgan fingerprint density at radius 3 is 2.60 bits per heavy atom. The van der Waals surface area contributed by atoms with E-state index in [-0.39, 0.29) is 24.0 Å². The summed E-state index contributed by atoms with van der Waals surface area (Å²) in [6.45, 7) is 10.7. The molecule has 0 aromatic heterocycles. The molecule has 1 heterocycles. The Morgan fingerprint density at radius 1 is 1.40 bits per heavy atom. The zero-order chi connectivity index (χ0) is 15.3. The minimum atomic E-state index is -0.497. The van der Waals surface area contributed by atoms with E-state index in [4.69, 9.17) is 4.74 Å². The van der Waals surface area contributed by atoms with Gasteiger partial charge in [-0.15, -0.1) is 0 Å². The number of hydrogen-bond donors (Lipinski definition) is 1. The topological polar surface area (TPSA) is 58.6 Å². The van der Waals surface area contributed by atoms with Crippen LogP contribution < -0.4 is 5.32 Å². The number of likely N-dealkylation sites (tertiary alicyclic amines) is 1. The SMILES string of the molecule is CC[C@@H](C)NC(=O)[C@@H]1CCCN(C(=O)OC(C)(C)C)C1. The maximum atomic E-state index is 12.1. The summed E-state index contributed by atoms with van der Waals surface area (Å²) < 4.78 is 5.36. The van der Waals surface area contributed by atoms with Gasteiger partial charge in [0.15, 0.2) is 0 Å². The van der Waals surface area contributed by atoms with Gasteiger partial charge in [-0.2, -0.15) is 0 Å². The Morgan fingerprint density at radius 2 is 2.05 bits per heavy atom. The number of piperidine rings is 1. The normalized spacial score (nSPS) is 21.2. The van der Waals surface area contributed by atoms with E-state index < -0.39 is 5.60 Å². The van der Waals surface area contributed by atoms with Gasteiger partial charge >= 0.3 is 6.09 Å². The molecule has 0 bridgehead atoms. The standard InChI is InChI=1S/C15H28N2O3/c1-6-11(2)16-13(18)12-8-7-9-17(10-12)14(19)20-15(3,4)5/h11-12H,6-10H2,1-5H3,(H,16,18)/t11-,12-/m1/s1. The van der Waals surface area contributed by atoms with Gasteiger partial charge < -0.3 is 15.0 Å². The molecular weight excluding hydrogens is 256 g/mol. The highest BCUT2D eigenvalue weighted by atomic mass is 16.6. The molecule has 0 saturated carbocycles. The van der Waals surface area contributed by atoms with Crippen LogP contribution in [-0.4, -0.2) is 41.6 Å². The van der Waals surface area contributed by atoms with Gasteiger partial charge in [0.1, 0.15) is 5.60 Å². The molecule has 2 amide bonds. The fourth-order valence-corrected chi connectivity index (χ4v) is 2.15. The molecular formula is C15H28N2O3. The second-order valence-electron chi connectivity index (χ2n) is 6.58. The lowest BCUT2D eigenvalue weighted by Gasteiger charge is -2.33. The Bertz CT molecular complexity index is 350. The molecule has 0 aromatic rings. The highest BCUT2D eigenvalue weighted by Crippen LogP contribution is 2.19. The zero-order valence-electron chi connectivity index (χ0n) is 13.4. The molecule has 1 fully saturated rings. The summed E-state index contributed by atoms with van der Waals surface area (Å²) in [4.78, 5) is 25.8. The highest BCUT2D eigenvalue weighted by Gasteiger charge is 2.31. The molecule has 0 spiro atoms. The van der Waals surface area contributed by atoms with E-state index in [9.17, 15) is 9.59 Å². The molecule has 2 atom stereocenters. The predicted octanol–water partition coefficient (Wildman–Crippen LogP) is 2.55. The Labute approximate surface area is 122 Å². The van der Waals surface area contributed by atoms with Gasteiger partial charge in [-0.05, 0) is 47.0 Å². The first-order chi connectivity index (χ1) is 9.23. The van der Waals surface area contributed by atoms with Crippen LogP contribution in [0.2, 0.25) is 0 Å². The van der Waals surface area contributed by atoms with Crippen molar-refractivity contribution in [3.63, 3.8) is 0 Å². The van der Waals surface area contributed by atoms with Crippen molar-refractivity contribution < 1.29 is 14.3 Å². The average Bonchev–Trinajstić information content (AvgIpc) is 2.36. The fraction of sp³-hybridized carbons (Fsp3) is 0.867. The lowest BCUT2D eigenvalue weighted by Crippen LogP contribution is -2.48. The second-order valence-corrected chi connectivity index (χ2v) is 6.58. The van der Waals surface area contributed by atoms with Crippen LogP contribution in [0.3, 0.4) is 0 Å². The predicted molar refractivity (Wildman–Crippen MR) is 78.4 cm³/mol. The number of hydrogen-bond acceptors (Lipinski definition) is 3. The molecule has 116 valence electrons. The van der Waals surface area contributed by atoms with Crippen molar-refractivity contribution in [3.05, 3.63) is 0 Å². The number of carbonyl (C=O) groups excluding carboxylic acids is 2. The van der Waals surface area contributed by atoms with Gasteiger partial charge in [-0.25, -0.2) is 4.79 Å². The van der Waals surface area contributed by atoms with Crippen molar-refractivity contribution in [1.29, 1.82) is 0 Å². The summed E-state index contributed by atoms with van der Waals surface area (Å²) >= 11 is 0. The summed E-state index contributed by atoms with van der Waals surface area (Å²) in [5, 5.41) is 2.99. The van der Waals surface area contributed by atoms with Crippen LogP contribution in [0.5, 0.6) is 0 Å². The first kappa shape index (κ1) is 16.8. The van der Waals surface area contributed by atoms with E-state index in [0.717, 1.165) is 19.3 Å². The van der Waals surface area contributed by atoms with Crippen LogP contribution in [0.4, 0.5) is 4.79 Å². The van der Waals surface area contributed by atoms with E-state index in [1.165, 1.54) is 0 Å². The van der Waals surface area contributed by atoms with E-state index in [1.54, 1.807) is 4.90 Å². The molecule has 0 aromatic carbocycles. The zero-order valence-corrected chi connectivity index (χ0v) is 13.4. The number of amides is 2.